The Bertz CT molecular complexity index is 871. The Labute approximate surface area is 241 Å². The first-order valence-corrected chi connectivity index (χ1v) is 13.4. The first-order valence-electron chi connectivity index (χ1n) is 12.8. The predicted molar refractivity (Wildman–Crippen MR) is 130 cm³/mol. The fourth-order valence-electron chi connectivity index (χ4n) is 3.81. The van der Waals surface area contributed by atoms with Gasteiger partial charge in [-0.1, -0.05) is 59.3 Å². The van der Waals surface area contributed by atoms with E-state index in [1.807, 2.05) is 7.11 Å². The van der Waals surface area contributed by atoms with E-state index in [2.05, 4.69) is 36.9 Å². The van der Waals surface area contributed by atoms with E-state index in [1.165, 1.54) is 57.8 Å². The number of unbranched alkanes of at least 4 members (excludes halogenated alkanes) is 3. The lowest BCUT2D eigenvalue weighted by Crippen LogP contribution is -2.73. The van der Waals surface area contributed by atoms with Crippen LogP contribution >= 0.6 is 9.24 Å². The van der Waals surface area contributed by atoms with Crippen molar-refractivity contribution in [3.8, 4) is 0 Å². The van der Waals surface area contributed by atoms with E-state index in [-0.39, 0.29) is 10.8 Å². The third-order valence-electron chi connectivity index (χ3n) is 7.06. The molecule has 260 valence electrons. The normalized spacial score (nSPS) is 15.9. The monoisotopic (exact) mass is 688 g/mol. The smallest absolute Gasteiger partial charge is 0.460 e. The molecule has 2 unspecified atom stereocenters. The number of methoxy groups -OCH3 is 1. The fourth-order valence-corrected chi connectivity index (χ4v) is 4.48. The van der Waals surface area contributed by atoms with Gasteiger partial charge in [0.1, 0.15) is 0 Å². The molecule has 2 atom stereocenters. The van der Waals surface area contributed by atoms with Gasteiger partial charge < -0.3 is 9.84 Å². The molecule has 0 aromatic heterocycles. The van der Waals surface area contributed by atoms with Crippen molar-refractivity contribution in [2.45, 2.75) is 138 Å². The Balaban J connectivity index is 0. The number of aliphatic carboxylic acids is 1. The molecule has 19 heteroatoms. The molecule has 0 aliphatic carbocycles. The summed E-state index contributed by atoms with van der Waals surface area (Å²) in [6.45, 7) is 9.14. The number of carbonyl (C=O) groups is 1. The molecule has 1 N–H and O–H groups in total. The van der Waals surface area contributed by atoms with Crippen molar-refractivity contribution in [1.82, 2.24) is 0 Å². The van der Waals surface area contributed by atoms with Gasteiger partial charge in [-0.05, 0) is 26.2 Å². The van der Waals surface area contributed by atoms with Gasteiger partial charge in [0.25, 0.3) is 0 Å². The molecule has 0 spiro atoms. The standard InChI is InChI=1S/C16H35OP.C8HF15O2/c1-6-9-12-15(4,17-5)16(18,13-10-7-2)14-11-8-3;9-2(10,1(24)25)3(11,12)4(13,14)5(15,16)6(17,18)7(19,20)8(21,22)23/h6-14,18H2,1-5H3;(H,24,25). The molecule has 0 aromatic carbocycles. The molecule has 0 bridgehead atoms. The Hall–Kier alpha value is -1.19. The number of halogens is 15. The Morgan fingerprint density at radius 1 is 0.605 bits per heavy atom. The van der Waals surface area contributed by atoms with Gasteiger partial charge in [0.15, 0.2) is 0 Å². The van der Waals surface area contributed by atoms with Crippen LogP contribution in [0.3, 0.4) is 0 Å². The highest BCUT2D eigenvalue weighted by atomic mass is 31.0. The van der Waals surface area contributed by atoms with Crippen molar-refractivity contribution in [3.63, 3.8) is 0 Å². The summed E-state index contributed by atoms with van der Waals surface area (Å²) in [6, 6.07) is 0. The van der Waals surface area contributed by atoms with Crippen molar-refractivity contribution in [1.29, 1.82) is 0 Å². The Morgan fingerprint density at radius 2 is 0.907 bits per heavy atom. The van der Waals surface area contributed by atoms with E-state index in [0.717, 1.165) is 0 Å². The van der Waals surface area contributed by atoms with Gasteiger partial charge in [-0.3, -0.25) is 0 Å². The summed E-state index contributed by atoms with van der Waals surface area (Å²) in [5, 5.41) is 7.83. The van der Waals surface area contributed by atoms with Crippen molar-refractivity contribution in [2.24, 2.45) is 0 Å². The van der Waals surface area contributed by atoms with E-state index in [9.17, 15) is 70.7 Å². The summed E-state index contributed by atoms with van der Waals surface area (Å²) < 4.78 is 193. The van der Waals surface area contributed by atoms with Crippen LogP contribution in [0.4, 0.5) is 65.9 Å². The van der Waals surface area contributed by atoms with Gasteiger partial charge >= 0.3 is 47.7 Å². The second kappa shape index (κ2) is 14.9. The van der Waals surface area contributed by atoms with Crippen LogP contribution in [0.25, 0.3) is 0 Å². The summed E-state index contributed by atoms with van der Waals surface area (Å²) in [7, 11) is 5.07. The third-order valence-corrected chi connectivity index (χ3v) is 8.25. The lowest BCUT2D eigenvalue weighted by atomic mass is 9.77. The minimum atomic E-state index is -8.47. The van der Waals surface area contributed by atoms with E-state index in [4.69, 9.17) is 9.84 Å². The zero-order chi connectivity index (χ0) is 35.1. The van der Waals surface area contributed by atoms with Crippen LogP contribution in [-0.2, 0) is 9.53 Å². The molecule has 43 heavy (non-hydrogen) atoms. The highest BCUT2D eigenvalue weighted by Gasteiger charge is 2.94. The first-order chi connectivity index (χ1) is 18.9. The molecular formula is C24H36F15O3P. The molecular weight excluding hydrogens is 652 g/mol. The van der Waals surface area contributed by atoms with Gasteiger partial charge in [-0.15, -0.1) is 9.24 Å². The molecule has 0 radical (unpaired) electrons. The van der Waals surface area contributed by atoms with E-state index < -0.39 is 47.7 Å². The molecule has 0 saturated heterocycles. The van der Waals surface area contributed by atoms with Crippen molar-refractivity contribution < 1.29 is 80.5 Å². The minimum Gasteiger partial charge on any atom is -0.477 e. The number of ether oxygens (including phenoxy) is 1. The summed E-state index contributed by atoms with van der Waals surface area (Å²) in [4.78, 5) is 9.72. The van der Waals surface area contributed by atoms with Gasteiger partial charge in [-0.25, -0.2) is 4.79 Å². The predicted octanol–water partition coefficient (Wildman–Crippen LogP) is 10.0. The average Bonchev–Trinajstić information content (AvgIpc) is 2.88. The molecule has 0 amide bonds. The van der Waals surface area contributed by atoms with Gasteiger partial charge in [0.05, 0.1) is 5.60 Å². The Kier molecular flexibility index (Phi) is 15.3. The Morgan fingerprint density at radius 3 is 1.19 bits per heavy atom. The lowest BCUT2D eigenvalue weighted by Gasteiger charge is -2.46. The summed E-state index contributed by atoms with van der Waals surface area (Å²) in [5.41, 5.74) is 0.0119. The molecule has 0 saturated carbocycles. The number of alkyl halides is 15. The zero-order valence-electron chi connectivity index (χ0n) is 23.9. The summed E-state index contributed by atoms with van der Waals surface area (Å²) >= 11 is 0. The van der Waals surface area contributed by atoms with Crippen LogP contribution in [0.5, 0.6) is 0 Å². The van der Waals surface area contributed by atoms with E-state index in [1.54, 1.807) is 0 Å². The first kappa shape index (κ1) is 43.9. The second-order valence-electron chi connectivity index (χ2n) is 10.2. The molecule has 0 aromatic rings. The van der Waals surface area contributed by atoms with Crippen LogP contribution < -0.4 is 0 Å². The van der Waals surface area contributed by atoms with Crippen LogP contribution in [-0.4, -0.2) is 70.7 Å². The van der Waals surface area contributed by atoms with Crippen molar-refractivity contribution >= 4 is 15.2 Å². The van der Waals surface area contributed by atoms with Gasteiger partial charge in [0.2, 0.25) is 0 Å². The van der Waals surface area contributed by atoms with Gasteiger partial charge in [-0.2, -0.15) is 65.9 Å². The fraction of sp³-hybridized carbons (Fsp3) is 0.958. The number of carboxylic acid groups (broad SMARTS) is 1. The van der Waals surface area contributed by atoms with Crippen LogP contribution in [0.15, 0.2) is 0 Å². The quantitative estimate of drug-likeness (QED) is 0.122. The maximum absolute atomic E-state index is 12.8. The van der Waals surface area contributed by atoms with Crippen LogP contribution in [0.1, 0.15) is 85.5 Å². The maximum Gasteiger partial charge on any atom is 0.460 e. The number of carboxylic acids is 1. The second-order valence-corrected chi connectivity index (χ2v) is 11.3. The molecule has 0 fully saturated rings. The van der Waals surface area contributed by atoms with Crippen LogP contribution in [0, 0.1) is 0 Å². The number of hydrogen-bond donors (Lipinski definition) is 1. The highest BCUT2D eigenvalue weighted by Crippen LogP contribution is 2.62. The van der Waals surface area contributed by atoms with Gasteiger partial charge in [0, 0.05) is 12.3 Å². The molecule has 3 nitrogen and oxygen atoms in total. The molecule has 0 aliphatic heterocycles. The highest BCUT2D eigenvalue weighted by molar-refractivity contribution is 7.19. The van der Waals surface area contributed by atoms with Crippen molar-refractivity contribution in [3.05, 3.63) is 0 Å². The van der Waals surface area contributed by atoms with Crippen molar-refractivity contribution in [2.75, 3.05) is 7.11 Å². The number of rotatable bonds is 17. The summed E-state index contributed by atoms with van der Waals surface area (Å²) in [5.74, 6) is -52.8. The number of hydrogen-bond acceptors (Lipinski definition) is 2. The average molecular weight is 688 g/mol. The maximum atomic E-state index is 12.8. The SMILES string of the molecule is CCCCC(P)(CCCC)C(C)(CCCC)OC.O=C(O)C(F)(F)C(F)(F)C(F)(F)C(F)(F)C(F)(F)C(F)(F)C(F)(F)F. The van der Waals surface area contributed by atoms with Crippen LogP contribution in [0.2, 0.25) is 0 Å². The largest absolute Gasteiger partial charge is 0.477 e. The zero-order valence-corrected chi connectivity index (χ0v) is 25.0. The molecule has 0 aliphatic rings. The van der Waals surface area contributed by atoms with E-state index >= 15 is 0 Å². The van der Waals surface area contributed by atoms with E-state index in [0.29, 0.717) is 0 Å². The topological polar surface area (TPSA) is 46.5 Å². The lowest BCUT2D eigenvalue weighted by molar-refractivity contribution is -0.450. The minimum absolute atomic E-state index is 0.0119. The molecule has 0 heterocycles. The third kappa shape index (κ3) is 8.35. The molecule has 0 rings (SSSR count). The summed E-state index contributed by atoms with van der Waals surface area (Å²) in [6.07, 6.45) is 3.68.